The van der Waals surface area contributed by atoms with Gasteiger partial charge in [0.25, 0.3) is 0 Å². The molecule has 1 unspecified atom stereocenters. The minimum Gasteiger partial charge on any atom is -0.394 e. The quantitative estimate of drug-likeness (QED) is 0.121. The number of carbonyl (C=O) groups is 2. The zero-order valence-electron chi connectivity index (χ0n) is 20.5. The molecule has 1 radical (unpaired) electrons. The van der Waals surface area contributed by atoms with E-state index in [0.29, 0.717) is 32.4 Å². The summed E-state index contributed by atoms with van der Waals surface area (Å²) in [5.74, 6) is -0.545. The van der Waals surface area contributed by atoms with E-state index in [-0.39, 0.29) is 57.3 Å². The molecule has 2 fully saturated rings. The second-order valence-electron chi connectivity index (χ2n) is 8.66. The molecule has 1 aliphatic carbocycles. The Bertz CT molecular complexity index is 648. The van der Waals surface area contributed by atoms with Crippen molar-refractivity contribution in [3.8, 4) is 0 Å². The fraction of sp³-hybridized carbons (Fsp3) is 0.905. The van der Waals surface area contributed by atoms with Crippen molar-refractivity contribution >= 4 is 11.9 Å². The average Bonchev–Trinajstić information content (AvgIpc) is 3.08. The molecule has 201 valence electrons. The van der Waals surface area contributed by atoms with Crippen molar-refractivity contribution in [1.29, 1.82) is 0 Å². The summed E-state index contributed by atoms with van der Waals surface area (Å²) in [5.41, 5.74) is 0. The third kappa shape index (κ3) is 9.40. The maximum absolute atomic E-state index is 12.2. The molecule has 1 heterocycles. The van der Waals surface area contributed by atoms with Crippen LogP contribution in [0.3, 0.4) is 0 Å². The second-order valence-corrected chi connectivity index (χ2v) is 8.66. The van der Waals surface area contributed by atoms with Crippen molar-refractivity contribution in [3.63, 3.8) is 0 Å². The number of hydrogen-bond donors (Lipinski definition) is 7. The molecule has 35 heavy (non-hydrogen) atoms. The molecule has 2 aliphatic rings. The van der Waals surface area contributed by atoms with Crippen LogP contribution >= 0.6 is 0 Å². The summed E-state index contributed by atoms with van der Waals surface area (Å²) in [6.45, 7) is 1.69. The summed E-state index contributed by atoms with van der Waals surface area (Å²) in [7, 11) is 3.05. The van der Waals surface area contributed by atoms with Gasteiger partial charge >= 0.3 is 6.03 Å². The van der Waals surface area contributed by atoms with Crippen LogP contribution in [0.2, 0.25) is 0 Å². The van der Waals surface area contributed by atoms with Gasteiger partial charge in [0.1, 0.15) is 30.5 Å². The number of ether oxygens (including phenoxy) is 4. The fourth-order valence-corrected chi connectivity index (χ4v) is 4.39. The van der Waals surface area contributed by atoms with E-state index >= 15 is 0 Å². The number of methoxy groups -OCH3 is 2. The molecule has 0 spiro atoms. The van der Waals surface area contributed by atoms with Gasteiger partial charge in [0.2, 0.25) is 5.91 Å². The van der Waals surface area contributed by atoms with E-state index in [0.717, 1.165) is 0 Å². The van der Waals surface area contributed by atoms with Crippen molar-refractivity contribution in [2.45, 2.75) is 75.1 Å². The first-order valence-electron chi connectivity index (χ1n) is 11.5. The number of carbonyl (C=O) groups excluding carboxylic acids is 2. The van der Waals surface area contributed by atoms with Crippen molar-refractivity contribution in [3.05, 3.63) is 0 Å². The van der Waals surface area contributed by atoms with Crippen LogP contribution < -0.4 is 16.0 Å². The number of rotatable bonds is 12. The van der Waals surface area contributed by atoms with Gasteiger partial charge in [-0.3, -0.25) is 4.79 Å². The van der Waals surface area contributed by atoms with E-state index in [1.807, 2.05) is 0 Å². The molecule has 1 aliphatic heterocycles. The first kappa shape index (κ1) is 32.6. The summed E-state index contributed by atoms with van der Waals surface area (Å²) >= 11 is 0. The molecule has 2 rings (SSSR count). The molecule has 13 nitrogen and oxygen atoms in total. The molecule has 7 N–H and O–H groups in total. The summed E-state index contributed by atoms with van der Waals surface area (Å²) in [4.78, 5) is 23.7. The van der Waals surface area contributed by atoms with Gasteiger partial charge in [-0.15, -0.1) is 0 Å². The predicted molar refractivity (Wildman–Crippen MR) is 118 cm³/mol. The van der Waals surface area contributed by atoms with E-state index in [4.69, 9.17) is 18.9 Å². The Morgan fingerprint density at radius 2 is 1.77 bits per heavy atom. The number of aliphatic hydroxyl groups is 4. The third-order valence-corrected chi connectivity index (χ3v) is 6.13. The van der Waals surface area contributed by atoms with Crippen LogP contribution in [0.25, 0.3) is 0 Å². The fourth-order valence-electron chi connectivity index (χ4n) is 4.39. The van der Waals surface area contributed by atoms with E-state index in [9.17, 15) is 30.0 Å². The molecule has 9 atom stereocenters. The van der Waals surface area contributed by atoms with E-state index in [1.165, 1.54) is 14.0 Å². The summed E-state index contributed by atoms with van der Waals surface area (Å²) in [6.07, 6.45) is -4.39. The smallest absolute Gasteiger partial charge is 0.315 e. The van der Waals surface area contributed by atoms with Gasteiger partial charge in [0.05, 0.1) is 25.4 Å². The molecule has 3 amide bonds. The molecule has 0 aromatic heterocycles. The Morgan fingerprint density at radius 1 is 1.06 bits per heavy atom. The molecule has 0 aromatic carbocycles. The molecular weight excluding hydrogens is 543 g/mol. The largest absolute Gasteiger partial charge is 0.394 e. The molecule has 0 aromatic rings. The Balaban J connectivity index is 0.00000612. The Hall–Kier alpha value is -0.476. The molecule has 1 saturated carbocycles. The van der Waals surface area contributed by atoms with Gasteiger partial charge in [-0.2, -0.15) is 0 Å². The summed E-state index contributed by atoms with van der Waals surface area (Å²) in [6, 6.07) is -1.70. The van der Waals surface area contributed by atoms with Gasteiger partial charge in [0.15, 0.2) is 6.29 Å². The monoisotopic (exact) mass is 582 g/mol. The van der Waals surface area contributed by atoms with Gasteiger partial charge in [0, 0.05) is 72.9 Å². The van der Waals surface area contributed by atoms with Crippen molar-refractivity contribution in [2.75, 3.05) is 40.6 Å². The Morgan fingerprint density at radius 3 is 2.37 bits per heavy atom. The summed E-state index contributed by atoms with van der Waals surface area (Å²) < 4.78 is 21.6. The van der Waals surface area contributed by atoms with Crippen molar-refractivity contribution < 1.29 is 81.7 Å². The second kappa shape index (κ2) is 16.4. The van der Waals surface area contributed by atoms with Crippen LogP contribution in [0.1, 0.15) is 26.2 Å². The van der Waals surface area contributed by atoms with Crippen LogP contribution in [0, 0.1) is 5.92 Å². The van der Waals surface area contributed by atoms with Crippen LogP contribution in [-0.4, -0.2) is 122 Å². The Labute approximate surface area is 230 Å². The van der Waals surface area contributed by atoms with Gasteiger partial charge < -0.3 is 55.3 Å². The minimum atomic E-state index is -1.37. The maximum atomic E-state index is 12.2. The Kier molecular flexibility index (Phi) is 15.2. The number of nitrogens with one attached hydrogen (secondary N) is 3. The topological polar surface area (TPSA) is 188 Å². The van der Waals surface area contributed by atoms with Gasteiger partial charge in [-0.05, 0) is 19.3 Å². The van der Waals surface area contributed by atoms with Crippen molar-refractivity contribution in [1.82, 2.24) is 16.0 Å². The van der Waals surface area contributed by atoms with Crippen molar-refractivity contribution in [2.24, 2.45) is 5.92 Å². The molecular formula is C21H39N3O10Y. The first-order valence-corrected chi connectivity index (χ1v) is 11.5. The van der Waals surface area contributed by atoms with Gasteiger partial charge in [-0.1, -0.05) is 0 Å². The number of amides is 3. The first-order chi connectivity index (χ1) is 16.2. The standard InChI is InChI=1S/C21H39N3O10.Y/c1-11(26)23-15-18(29)17(28)14(9-25)34-20(15)33-7-5-4-6-22-21(30)24-13-8-12(10-31-2)16(27)19(13)32-3;/h12-20,25,27-29H,4-10H2,1-3H3,(H,23,26)(H2,22,24,30);/t12-,13+,14-,15-,16?,17+,18-,19-,20-;/m1./s1. The number of aliphatic hydroxyl groups excluding tert-OH is 4. The van der Waals surface area contributed by atoms with Crippen LogP contribution in [-0.2, 0) is 56.5 Å². The summed E-state index contributed by atoms with van der Waals surface area (Å²) in [5, 5.41) is 48.0. The van der Waals surface area contributed by atoms with Crippen LogP contribution in [0.4, 0.5) is 4.79 Å². The molecule has 14 heteroatoms. The minimum absolute atomic E-state index is 0. The number of urea groups is 1. The van der Waals surface area contributed by atoms with E-state index in [1.54, 1.807) is 7.11 Å². The van der Waals surface area contributed by atoms with E-state index < -0.39 is 55.4 Å². The van der Waals surface area contributed by atoms with Crippen LogP contribution in [0.5, 0.6) is 0 Å². The maximum Gasteiger partial charge on any atom is 0.315 e. The zero-order chi connectivity index (χ0) is 25.3. The van der Waals surface area contributed by atoms with Gasteiger partial charge in [-0.25, -0.2) is 4.79 Å². The normalized spacial score (nSPS) is 34.7. The molecule has 1 saturated heterocycles. The third-order valence-electron chi connectivity index (χ3n) is 6.13. The number of unbranched alkanes of at least 4 members (excludes halogenated alkanes) is 1. The SMILES string of the molecule is COC[C@H]1C[C@H](NC(=O)NCCCCO[C@@H]2O[C@H](CO)[C@H](O)[C@H](O)[C@H]2NC(C)=O)[C@@H](OC)C1O.[Y]. The van der Waals surface area contributed by atoms with Crippen LogP contribution in [0.15, 0.2) is 0 Å². The molecule has 0 bridgehead atoms. The number of hydrogen-bond acceptors (Lipinski definition) is 10. The predicted octanol–water partition coefficient (Wildman–Crippen LogP) is -2.57. The van der Waals surface area contributed by atoms with E-state index in [2.05, 4.69) is 16.0 Å². The zero-order valence-corrected chi connectivity index (χ0v) is 23.3. The average molecular weight is 582 g/mol.